The quantitative estimate of drug-likeness (QED) is 0.915. The van der Waals surface area contributed by atoms with Gasteiger partial charge in [0.15, 0.2) is 0 Å². The smallest absolute Gasteiger partial charge is 0.308 e. The topological polar surface area (TPSA) is 70.5 Å². The Labute approximate surface area is 117 Å². The highest BCUT2D eigenvalue weighted by Gasteiger charge is 2.44. The number of carbonyl (C=O) groups is 2. The monoisotopic (exact) mass is 274 g/mol. The molecule has 2 unspecified atom stereocenters. The van der Waals surface area contributed by atoms with Gasteiger partial charge in [0, 0.05) is 24.9 Å². The van der Waals surface area contributed by atoms with E-state index in [9.17, 15) is 14.7 Å². The maximum absolute atomic E-state index is 12.4. The Bertz CT molecular complexity index is 513. The number of amides is 1. The van der Waals surface area contributed by atoms with Gasteiger partial charge in [-0.2, -0.15) is 0 Å². The molecule has 106 valence electrons. The first-order valence-electron chi connectivity index (χ1n) is 7.12. The van der Waals surface area contributed by atoms with Gasteiger partial charge in [0.1, 0.15) is 0 Å². The van der Waals surface area contributed by atoms with Crippen molar-refractivity contribution in [2.75, 3.05) is 0 Å². The summed E-state index contributed by atoms with van der Waals surface area (Å²) < 4.78 is 0. The molecule has 2 heterocycles. The van der Waals surface area contributed by atoms with Crippen LogP contribution in [0, 0.1) is 5.92 Å². The number of hydrogen-bond donors (Lipinski definition) is 1. The highest BCUT2D eigenvalue weighted by molar-refractivity contribution is 5.80. The summed E-state index contributed by atoms with van der Waals surface area (Å²) in [4.78, 5) is 29.8. The number of aliphatic carboxylic acids is 1. The summed E-state index contributed by atoms with van der Waals surface area (Å²) in [5.41, 5.74) is 0.884. The van der Waals surface area contributed by atoms with E-state index in [1.54, 1.807) is 12.4 Å². The molecule has 0 bridgehead atoms. The van der Waals surface area contributed by atoms with Gasteiger partial charge in [-0.3, -0.25) is 14.6 Å². The molecule has 2 aliphatic rings. The molecule has 2 atom stereocenters. The zero-order valence-electron chi connectivity index (χ0n) is 11.2. The Kier molecular flexibility index (Phi) is 3.42. The minimum Gasteiger partial charge on any atom is -0.481 e. The minimum atomic E-state index is -0.813. The second kappa shape index (κ2) is 5.23. The predicted molar refractivity (Wildman–Crippen MR) is 71.8 cm³/mol. The van der Waals surface area contributed by atoms with E-state index in [2.05, 4.69) is 4.98 Å². The molecule has 20 heavy (non-hydrogen) atoms. The molecule has 1 saturated carbocycles. The Hall–Kier alpha value is -1.91. The minimum absolute atomic E-state index is 0.0954. The van der Waals surface area contributed by atoms with Crippen LogP contribution in [-0.2, 0) is 9.59 Å². The summed E-state index contributed by atoms with van der Waals surface area (Å²) >= 11 is 0. The molecular formula is C15H18N2O3. The lowest BCUT2D eigenvalue weighted by Crippen LogP contribution is -2.40. The number of pyridine rings is 1. The number of carboxylic acids is 1. The van der Waals surface area contributed by atoms with Gasteiger partial charge in [-0.1, -0.05) is 0 Å². The molecule has 5 heteroatoms. The fourth-order valence-corrected chi connectivity index (χ4v) is 3.10. The highest BCUT2D eigenvalue weighted by Crippen LogP contribution is 2.42. The van der Waals surface area contributed by atoms with Gasteiger partial charge < -0.3 is 10.0 Å². The van der Waals surface area contributed by atoms with E-state index in [0.717, 1.165) is 18.4 Å². The number of aromatic nitrogens is 1. The Morgan fingerprint density at radius 1 is 1.25 bits per heavy atom. The van der Waals surface area contributed by atoms with E-state index >= 15 is 0 Å². The Morgan fingerprint density at radius 2 is 1.95 bits per heavy atom. The van der Waals surface area contributed by atoms with Crippen LogP contribution in [0.5, 0.6) is 0 Å². The van der Waals surface area contributed by atoms with Crippen molar-refractivity contribution in [2.24, 2.45) is 5.92 Å². The number of nitrogens with zero attached hydrogens (tertiary/aromatic N) is 2. The molecule has 1 amide bonds. The third-order valence-corrected chi connectivity index (χ3v) is 4.18. The molecule has 1 aliphatic carbocycles. The molecule has 3 rings (SSSR count). The molecule has 1 aromatic rings. The molecule has 5 nitrogen and oxygen atoms in total. The molecule has 1 saturated heterocycles. The average molecular weight is 274 g/mol. The van der Waals surface area contributed by atoms with Crippen molar-refractivity contribution >= 4 is 11.9 Å². The summed E-state index contributed by atoms with van der Waals surface area (Å²) in [5.74, 6) is -1.24. The van der Waals surface area contributed by atoms with Crippen LogP contribution in [0.1, 0.15) is 43.7 Å². The molecule has 1 N–H and O–H groups in total. The number of carbonyl (C=O) groups excluding carboxylic acids is 1. The van der Waals surface area contributed by atoms with Gasteiger partial charge in [-0.15, -0.1) is 0 Å². The van der Waals surface area contributed by atoms with Crippen LogP contribution in [0.3, 0.4) is 0 Å². The van der Waals surface area contributed by atoms with Gasteiger partial charge >= 0.3 is 5.97 Å². The number of hydrogen-bond acceptors (Lipinski definition) is 3. The third kappa shape index (κ3) is 2.40. The lowest BCUT2D eigenvalue weighted by Gasteiger charge is -2.34. The second-order valence-corrected chi connectivity index (χ2v) is 5.59. The predicted octanol–water partition coefficient (Wildman–Crippen LogP) is 2.00. The maximum atomic E-state index is 12.4. The highest BCUT2D eigenvalue weighted by atomic mass is 16.4. The van der Waals surface area contributed by atoms with Crippen molar-refractivity contribution in [3.05, 3.63) is 30.1 Å². The van der Waals surface area contributed by atoms with Crippen molar-refractivity contribution in [3.63, 3.8) is 0 Å². The Balaban J connectivity index is 2.03. The van der Waals surface area contributed by atoms with Crippen LogP contribution < -0.4 is 0 Å². The van der Waals surface area contributed by atoms with Crippen molar-refractivity contribution in [3.8, 4) is 0 Å². The van der Waals surface area contributed by atoms with E-state index in [1.165, 1.54) is 0 Å². The number of carboxylic acid groups (broad SMARTS) is 1. The van der Waals surface area contributed by atoms with Crippen LogP contribution >= 0.6 is 0 Å². The van der Waals surface area contributed by atoms with Gasteiger partial charge in [0.2, 0.25) is 5.91 Å². The molecule has 2 fully saturated rings. The zero-order chi connectivity index (χ0) is 14.1. The third-order valence-electron chi connectivity index (χ3n) is 4.18. The average Bonchev–Trinajstić information content (AvgIpc) is 3.26. The standard InChI is InChI=1S/C15H18N2O3/c18-13-3-1-2-12(15(19)20)14(17(13)11-4-5-11)10-6-8-16-9-7-10/h6-9,11-12,14H,1-5H2,(H,19,20). The summed E-state index contributed by atoms with van der Waals surface area (Å²) in [6, 6.07) is 3.53. The van der Waals surface area contributed by atoms with Gasteiger partial charge in [-0.05, 0) is 43.4 Å². The van der Waals surface area contributed by atoms with Crippen molar-refractivity contribution in [1.82, 2.24) is 9.88 Å². The van der Waals surface area contributed by atoms with E-state index in [0.29, 0.717) is 19.3 Å². The zero-order valence-corrected chi connectivity index (χ0v) is 11.2. The van der Waals surface area contributed by atoms with E-state index in [1.807, 2.05) is 17.0 Å². The number of likely N-dealkylation sites (tertiary alicyclic amines) is 1. The van der Waals surface area contributed by atoms with E-state index in [-0.39, 0.29) is 18.0 Å². The molecule has 0 spiro atoms. The van der Waals surface area contributed by atoms with Gasteiger partial charge in [0.25, 0.3) is 0 Å². The van der Waals surface area contributed by atoms with Crippen LogP contribution in [-0.4, -0.2) is 32.9 Å². The molecule has 0 radical (unpaired) electrons. The lowest BCUT2D eigenvalue weighted by atomic mass is 9.89. The normalized spacial score (nSPS) is 27.2. The SMILES string of the molecule is O=C(O)C1CCCC(=O)N(C2CC2)C1c1ccncc1. The summed E-state index contributed by atoms with van der Waals surface area (Å²) in [6.07, 6.45) is 6.96. The van der Waals surface area contributed by atoms with Crippen molar-refractivity contribution < 1.29 is 14.7 Å². The fourth-order valence-electron chi connectivity index (χ4n) is 3.10. The maximum Gasteiger partial charge on any atom is 0.308 e. The summed E-state index contributed by atoms with van der Waals surface area (Å²) in [6.45, 7) is 0. The first-order chi connectivity index (χ1) is 9.68. The summed E-state index contributed by atoms with van der Waals surface area (Å²) in [7, 11) is 0. The Morgan fingerprint density at radius 3 is 2.55 bits per heavy atom. The fraction of sp³-hybridized carbons (Fsp3) is 0.533. The molecular weight excluding hydrogens is 256 g/mol. The first kappa shape index (κ1) is 13.1. The molecule has 1 aliphatic heterocycles. The second-order valence-electron chi connectivity index (χ2n) is 5.59. The van der Waals surface area contributed by atoms with Crippen LogP contribution in [0.2, 0.25) is 0 Å². The van der Waals surface area contributed by atoms with Crippen LogP contribution in [0.4, 0.5) is 0 Å². The lowest BCUT2D eigenvalue weighted by molar-refractivity contribution is -0.146. The van der Waals surface area contributed by atoms with Crippen molar-refractivity contribution in [1.29, 1.82) is 0 Å². The summed E-state index contributed by atoms with van der Waals surface area (Å²) in [5, 5.41) is 9.55. The van der Waals surface area contributed by atoms with Crippen molar-refractivity contribution in [2.45, 2.75) is 44.2 Å². The number of rotatable bonds is 3. The van der Waals surface area contributed by atoms with Crippen LogP contribution in [0.25, 0.3) is 0 Å². The molecule has 0 aromatic carbocycles. The van der Waals surface area contributed by atoms with Gasteiger partial charge in [0.05, 0.1) is 12.0 Å². The van der Waals surface area contributed by atoms with Crippen LogP contribution in [0.15, 0.2) is 24.5 Å². The molecule has 1 aromatic heterocycles. The first-order valence-corrected chi connectivity index (χ1v) is 7.12. The van der Waals surface area contributed by atoms with E-state index < -0.39 is 11.9 Å². The largest absolute Gasteiger partial charge is 0.481 e. The van der Waals surface area contributed by atoms with Gasteiger partial charge in [-0.25, -0.2) is 0 Å². The van der Waals surface area contributed by atoms with E-state index in [4.69, 9.17) is 0 Å².